The fourth-order valence-corrected chi connectivity index (χ4v) is 2.39. The van der Waals surface area contributed by atoms with Crippen molar-refractivity contribution in [1.82, 2.24) is 19.5 Å². The van der Waals surface area contributed by atoms with Crippen LogP contribution in [0.2, 0.25) is 0 Å². The van der Waals surface area contributed by atoms with Gasteiger partial charge < -0.3 is 14.9 Å². The molecule has 24 heavy (non-hydrogen) atoms. The molecule has 2 aromatic heterocycles. The van der Waals surface area contributed by atoms with Crippen LogP contribution in [-0.4, -0.2) is 59.9 Å². The summed E-state index contributed by atoms with van der Waals surface area (Å²) >= 11 is 0. The van der Waals surface area contributed by atoms with Gasteiger partial charge in [-0.15, -0.1) is 0 Å². The fourth-order valence-electron chi connectivity index (χ4n) is 2.39. The Labute approximate surface area is 130 Å². The molecule has 0 saturated carbocycles. The van der Waals surface area contributed by atoms with Crippen molar-refractivity contribution in [2.45, 2.75) is 30.8 Å². The number of ether oxygens (including phenoxy) is 1. The number of alkyl halides is 4. The van der Waals surface area contributed by atoms with Crippen molar-refractivity contribution in [1.29, 1.82) is 0 Å². The van der Waals surface area contributed by atoms with Crippen molar-refractivity contribution in [3.05, 3.63) is 12.2 Å². The number of aliphatic hydroxyl groups excluding tert-OH is 2. The van der Waals surface area contributed by atoms with Gasteiger partial charge in [0, 0.05) is 0 Å². The van der Waals surface area contributed by atoms with E-state index in [1.54, 1.807) is 0 Å². The van der Waals surface area contributed by atoms with Crippen LogP contribution in [0.3, 0.4) is 0 Å². The highest BCUT2D eigenvalue weighted by Gasteiger charge is 2.46. The number of anilines is 1. The van der Waals surface area contributed by atoms with Gasteiger partial charge in [-0.2, -0.15) is 13.2 Å². The molecule has 1 aliphatic rings. The van der Waals surface area contributed by atoms with Crippen LogP contribution in [0.5, 0.6) is 0 Å². The summed E-state index contributed by atoms with van der Waals surface area (Å²) in [4.78, 5) is 10.1. The predicted molar refractivity (Wildman–Crippen MR) is 67.6 cm³/mol. The highest BCUT2D eigenvalue weighted by molar-refractivity contribution is 5.82. The second-order valence-electron chi connectivity index (χ2n) is 5.01. The number of halogens is 4. The van der Waals surface area contributed by atoms with Gasteiger partial charge in [-0.25, -0.2) is 19.3 Å². The third-order valence-electron chi connectivity index (χ3n) is 3.53. The van der Waals surface area contributed by atoms with Crippen LogP contribution >= 0.6 is 0 Å². The van der Waals surface area contributed by atoms with Gasteiger partial charge in [-0.05, 0) is 0 Å². The molecule has 13 heteroatoms. The van der Waals surface area contributed by atoms with Gasteiger partial charge >= 0.3 is 6.18 Å². The average molecular weight is 353 g/mol. The molecule has 0 radical (unpaired) electrons. The van der Waals surface area contributed by atoms with Crippen LogP contribution < -0.4 is 5.48 Å². The molecule has 0 aliphatic carbocycles. The molecule has 0 amide bonds. The van der Waals surface area contributed by atoms with E-state index in [-0.39, 0.29) is 5.52 Å². The summed E-state index contributed by atoms with van der Waals surface area (Å²) in [7, 11) is 0. The Morgan fingerprint density at radius 1 is 1.33 bits per heavy atom. The normalized spacial score (nSPS) is 27.8. The molecule has 1 unspecified atom stereocenters. The lowest BCUT2D eigenvalue weighted by Gasteiger charge is -2.15. The number of aliphatic hydroxyl groups is 2. The molecule has 1 saturated heterocycles. The van der Waals surface area contributed by atoms with Crippen LogP contribution in [-0.2, 0) is 10.9 Å². The molecule has 3 rings (SSSR count). The topological polar surface area (TPSA) is 126 Å². The highest BCUT2D eigenvalue weighted by atomic mass is 19.4. The van der Waals surface area contributed by atoms with Crippen molar-refractivity contribution in [2.75, 3.05) is 12.1 Å². The maximum absolute atomic E-state index is 14.2. The second-order valence-corrected chi connectivity index (χ2v) is 5.01. The minimum absolute atomic E-state index is 0.261. The van der Waals surface area contributed by atoms with Crippen LogP contribution in [0.1, 0.15) is 12.1 Å². The van der Waals surface area contributed by atoms with Gasteiger partial charge in [0.1, 0.15) is 12.2 Å². The number of nitrogens with one attached hydrogen (secondary N) is 1. The quantitative estimate of drug-likeness (QED) is 0.457. The second kappa shape index (κ2) is 5.77. The summed E-state index contributed by atoms with van der Waals surface area (Å²) < 4.78 is 58.7. The zero-order valence-corrected chi connectivity index (χ0v) is 11.6. The van der Waals surface area contributed by atoms with E-state index >= 15 is 0 Å². The van der Waals surface area contributed by atoms with E-state index in [4.69, 9.17) is 15.1 Å². The SMILES string of the molecule is OCC1O[C@@H](n2cnc3c(NO)nc(C(F)(F)F)nc32)[C@@H](F)[C@@H]1O. The summed E-state index contributed by atoms with van der Waals surface area (Å²) in [5.74, 6) is -2.21. The Balaban J connectivity index is 2.13. The van der Waals surface area contributed by atoms with E-state index in [1.165, 1.54) is 5.48 Å². The van der Waals surface area contributed by atoms with E-state index in [9.17, 15) is 22.7 Å². The van der Waals surface area contributed by atoms with Crippen molar-refractivity contribution in [2.24, 2.45) is 0 Å². The summed E-state index contributed by atoms with van der Waals surface area (Å²) in [5, 5.41) is 27.6. The Kier molecular flexibility index (Phi) is 4.03. The minimum Gasteiger partial charge on any atom is -0.394 e. The van der Waals surface area contributed by atoms with Gasteiger partial charge in [-0.1, -0.05) is 0 Å². The Morgan fingerprint density at radius 2 is 2.04 bits per heavy atom. The van der Waals surface area contributed by atoms with Gasteiger partial charge in [0.25, 0.3) is 0 Å². The first-order valence-corrected chi connectivity index (χ1v) is 6.58. The Bertz CT molecular complexity index is 754. The number of hydrogen-bond donors (Lipinski definition) is 4. The number of rotatable bonds is 3. The first kappa shape index (κ1) is 16.8. The van der Waals surface area contributed by atoms with Crippen LogP contribution in [0, 0.1) is 0 Å². The number of aromatic nitrogens is 4. The molecule has 4 atom stereocenters. The lowest BCUT2D eigenvalue weighted by Crippen LogP contribution is -2.30. The van der Waals surface area contributed by atoms with E-state index in [0.29, 0.717) is 0 Å². The molecular formula is C11H11F4N5O4. The van der Waals surface area contributed by atoms with E-state index < -0.39 is 54.7 Å². The Morgan fingerprint density at radius 3 is 2.58 bits per heavy atom. The molecule has 0 bridgehead atoms. The molecule has 4 N–H and O–H groups in total. The number of fused-ring (bicyclic) bond motifs is 1. The van der Waals surface area contributed by atoms with Gasteiger partial charge in [0.05, 0.1) is 12.9 Å². The van der Waals surface area contributed by atoms with Crippen LogP contribution in [0.15, 0.2) is 6.33 Å². The number of hydrogen-bond acceptors (Lipinski definition) is 8. The molecule has 1 aliphatic heterocycles. The first-order valence-electron chi connectivity index (χ1n) is 6.58. The van der Waals surface area contributed by atoms with Crippen molar-refractivity contribution >= 4 is 17.0 Å². The minimum atomic E-state index is -4.92. The van der Waals surface area contributed by atoms with Gasteiger partial charge in [-0.3, -0.25) is 15.3 Å². The molecular weight excluding hydrogens is 342 g/mol. The highest BCUT2D eigenvalue weighted by Crippen LogP contribution is 2.35. The van der Waals surface area contributed by atoms with Crippen molar-refractivity contribution < 1.29 is 37.7 Å². The maximum Gasteiger partial charge on any atom is 0.451 e. The molecule has 1 fully saturated rings. The number of nitrogens with zero attached hydrogens (tertiary/aromatic N) is 4. The predicted octanol–water partition coefficient (Wildman–Crippen LogP) is 0.235. The fraction of sp³-hybridized carbons (Fsp3) is 0.545. The summed E-state index contributed by atoms with van der Waals surface area (Å²) in [6.45, 7) is -0.684. The summed E-state index contributed by atoms with van der Waals surface area (Å²) in [6.07, 6.45) is -10.5. The van der Waals surface area contributed by atoms with Gasteiger partial charge in [0.2, 0.25) is 5.82 Å². The molecule has 9 nitrogen and oxygen atoms in total. The first-order chi connectivity index (χ1) is 11.3. The Hall–Kier alpha value is -2.09. The zero-order valence-electron chi connectivity index (χ0n) is 11.6. The number of imidazole rings is 1. The lowest BCUT2D eigenvalue weighted by atomic mass is 10.1. The third kappa shape index (κ3) is 2.54. The van der Waals surface area contributed by atoms with E-state index in [2.05, 4.69) is 15.0 Å². The molecule has 0 spiro atoms. The van der Waals surface area contributed by atoms with Crippen LogP contribution in [0.4, 0.5) is 23.4 Å². The maximum atomic E-state index is 14.2. The van der Waals surface area contributed by atoms with Crippen molar-refractivity contribution in [3.63, 3.8) is 0 Å². The average Bonchev–Trinajstić information content (AvgIpc) is 3.08. The molecule has 3 heterocycles. The standard InChI is InChI=1S/C11H11F4N5O4/c12-4-6(22)3(1-21)24-9(4)20-2-16-5-7(19-23)17-10(11(13,14)15)18-8(5)20/h2-4,6,9,21-23H,1H2,(H,17,18,19)/t3?,4-,6+,9+/m0/s1. The third-order valence-corrected chi connectivity index (χ3v) is 3.53. The molecule has 2 aromatic rings. The van der Waals surface area contributed by atoms with Crippen LogP contribution in [0.25, 0.3) is 11.2 Å². The van der Waals surface area contributed by atoms with Crippen molar-refractivity contribution in [3.8, 4) is 0 Å². The molecule has 0 aromatic carbocycles. The smallest absolute Gasteiger partial charge is 0.394 e. The zero-order chi connectivity index (χ0) is 17.6. The molecule has 132 valence electrons. The lowest BCUT2D eigenvalue weighted by molar-refractivity contribution is -0.144. The largest absolute Gasteiger partial charge is 0.451 e. The van der Waals surface area contributed by atoms with E-state index in [1.807, 2.05) is 0 Å². The van der Waals surface area contributed by atoms with Gasteiger partial charge in [0.15, 0.2) is 29.4 Å². The monoisotopic (exact) mass is 353 g/mol. The van der Waals surface area contributed by atoms with E-state index in [0.717, 1.165) is 10.9 Å². The summed E-state index contributed by atoms with van der Waals surface area (Å²) in [5.41, 5.74) is 0.749. The summed E-state index contributed by atoms with van der Waals surface area (Å²) in [6, 6.07) is 0.